The van der Waals surface area contributed by atoms with Gasteiger partial charge in [-0.2, -0.15) is 0 Å². The molecule has 1 aromatic rings. The molecule has 0 aliphatic heterocycles. The zero-order chi connectivity index (χ0) is 15.2. The van der Waals surface area contributed by atoms with Gasteiger partial charge in [0.15, 0.2) is 0 Å². The number of hydrogen-bond acceptors (Lipinski definition) is 5. The van der Waals surface area contributed by atoms with Crippen LogP contribution in [0.5, 0.6) is 11.5 Å². The number of nitrogens with two attached hydrogens (primary N) is 1. The Kier molecular flexibility index (Phi) is 5.64. The number of ether oxygens (including phenoxy) is 3. The molecule has 0 bridgehead atoms. The van der Waals surface area contributed by atoms with Crippen molar-refractivity contribution in [3.8, 4) is 11.5 Å². The van der Waals surface area contributed by atoms with Gasteiger partial charge in [0.1, 0.15) is 17.1 Å². The molecule has 1 aromatic carbocycles. The van der Waals surface area contributed by atoms with Crippen molar-refractivity contribution in [1.82, 2.24) is 5.32 Å². The second kappa shape index (κ2) is 7.00. The van der Waals surface area contributed by atoms with E-state index in [1.807, 2.05) is 18.2 Å². The van der Waals surface area contributed by atoms with Crippen molar-refractivity contribution in [2.45, 2.75) is 26.0 Å². The van der Waals surface area contributed by atoms with Crippen LogP contribution in [0.4, 0.5) is 4.79 Å². The first-order valence-corrected chi connectivity index (χ1v) is 6.28. The number of primary amides is 1. The van der Waals surface area contributed by atoms with Crippen LogP contribution in [0, 0.1) is 0 Å². The van der Waals surface area contributed by atoms with Crippen molar-refractivity contribution in [3.63, 3.8) is 0 Å². The molecule has 0 saturated carbocycles. The molecule has 1 rings (SSSR count). The van der Waals surface area contributed by atoms with Crippen LogP contribution in [0.15, 0.2) is 18.2 Å². The largest absolute Gasteiger partial charge is 0.497 e. The van der Waals surface area contributed by atoms with Gasteiger partial charge in [0.05, 0.1) is 14.2 Å². The summed E-state index contributed by atoms with van der Waals surface area (Å²) in [5.74, 6) is 1.48. The molecule has 0 aromatic heterocycles. The van der Waals surface area contributed by atoms with Gasteiger partial charge in [-0.25, -0.2) is 4.79 Å². The third-order valence-corrected chi connectivity index (χ3v) is 2.74. The molecule has 0 unspecified atom stereocenters. The lowest BCUT2D eigenvalue weighted by molar-refractivity contribution is 0.0455. The fourth-order valence-corrected chi connectivity index (χ4v) is 1.80. The Balaban J connectivity index is 2.59. The van der Waals surface area contributed by atoms with Crippen molar-refractivity contribution >= 4 is 6.09 Å². The Bertz CT molecular complexity index is 460. The number of amides is 1. The third kappa shape index (κ3) is 4.97. The van der Waals surface area contributed by atoms with Crippen molar-refractivity contribution in [1.29, 1.82) is 0 Å². The SMILES string of the molecule is COc1ccc(CNCC(C)(C)OC(N)=O)c(OC)c1. The minimum absolute atomic E-state index is 0.477. The number of benzene rings is 1. The van der Waals surface area contributed by atoms with Gasteiger partial charge in [-0.3, -0.25) is 0 Å². The van der Waals surface area contributed by atoms with Crippen LogP contribution in [0.1, 0.15) is 19.4 Å². The molecule has 1 amide bonds. The summed E-state index contributed by atoms with van der Waals surface area (Å²) in [7, 11) is 3.22. The molecule has 6 heteroatoms. The van der Waals surface area contributed by atoms with E-state index in [0.29, 0.717) is 13.1 Å². The molecule has 0 saturated heterocycles. The third-order valence-electron chi connectivity index (χ3n) is 2.74. The van der Waals surface area contributed by atoms with E-state index in [1.165, 1.54) is 0 Å². The molecule has 3 N–H and O–H groups in total. The van der Waals surface area contributed by atoms with E-state index in [1.54, 1.807) is 28.1 Å². The number of nitrogens with one attached hydrogen (secondary N) is 1. The highest BCUT2D eigenvalue weighted by Crippen LogP contribution is 2.24. The van der Waals surface area contributed by atoms with Gasteiger partial charge < -0.3 is 25.3 Å². The molecule has 0 heterocycles. The minimum Gasteiger partial charge on any atom is -0.497 e. The predicted octanol–water partition coefficient (Wildman–Crippen LogP) is 1.67. The van der Waals surface area contributed by atoms with Gasteiger partial charge in [-0.05, 0) is 19.9 Å². The molecule has 0 radical (unpaired) electrons. The lowest BCUT2D eigenvalue weighted by Crippen LogP contribution is -2.40. The Morgan fingerprint density at radius 2 is 2.00 bits per heavy atom. The highest BCUT2D eigenvalue weighted by Gasteiger charge is 2.21. The summed E-state index contributed by atoms with van der Waals surface area (Å²) in [5, 5.41) is 3.21. The summed E-state index contributed by atoms with van der Waals surface area (Å²) in [4.78, 5) is 10.8. The average molecular weight is 282 g/mol. The van der Waals surface area contributed by atoms with Crippen LogP contribution in [0.25, 0.3) is 0 Å². The molecule has 6 nitrogen and oxygen atoms in total. The van der Waals surface area contributed by atoms with E-state index in [4.69, 9.17) is 19.9 Å². The van der Waals surface area contributed by atoms with Crippen LogP contribution in [-0.2, 0) is 11.3 Å². The van der Waals surface area contributed by atoms with Gasteiger partial charge in [0.2, 0.25) is 0 Å². The summed E-state index contributed by atoms with van der Waals surface area (Å²) < 4.78 is 15.4. The van der Waals surface area contributed by atoms with Crippen LogP contribution in [0.2, 0.25) is 0 Å². The average Bonchev–Trinajstić information content (AvgIpc) is 2.37. The predicted molar refractivity (Wildman–Crippen MR) is 76.0 cm³/mol. The van der Waals surface area contributed by atoms with Gasteiger partial charge in [-0.15, -0.1) is 0 Å². The maximum atomic E-state index is 10.8. The number of methoxy groups -OCH3 is 2. The minimum atomic E-state index is -0.779. The molecule has 0 aliphatic rings. The molecule has 0 aliphatic carbocycles. The van der Waals surface area contributed by atoms with E-state index in [2.05, 4.69) is 5.32 Å². The van der Waals surface area contributed by atoms with E-state index in [0.717, 1.165) is 17.1 Å². The molecule has 0 atom stereocenters. The number of rotatable bonds is 7. The summed E-state index contributed by atoms with van der Waals surface area (Å²) in [6.45, 7) is 4.63. The van der Waals surface area contributed by atoms with E-state index in [9.17, 15) is 4.79 Å². The monoisotopic (exact) mass is 282 g/mol. The Morgan fingerprint density at radius 1 is 1.30 bits per heavy atom. The van der Waals surface area contributed by atoms with Crippen LogP contribution in [-0.4, -0.2) is 32.5 Å². The Labute approximate surface area is 119 Å². The molecule has 0 spiro atoms. The maximum Gasteiger partial charge on any atom is 0.405 e. The van der Waals surface area contributed by atoms with Crippen LogP contribution < -0.4 is 20.5 Å². The van der Waals surface area contributed by atoms with Gasteiger partial charge >= 0.3 is 6.09 Å². The zero-order valence-corrected chi connectivity index (χ0v) is 12.4. The zero-order valence-electron chi connectivity index (χ0n) is 12.4. The molecule has 20 heavy (non-hydrogen) atoms. The Morgan fingerprint density at radius 3 is 2.55 bits per heavy atom. The lowest BCUT2D eigenvalue weighted by atomic mass is 10.1. The van der Waals surface area contributed by atoms with Crippen LogP contribution in [0.3, 0.4) is 0 Å². The summed E-state index contributed by atoms with van der Waals surface area (Å²) in [6, 6.07) is 5.61. The normalized spacial score (nSPS) is 11.0. The van der Waals surface area contributed by atoms with Crippen molar-refractivity contribution < 1.29 is 19.0 Å². The van der Waals surface area contributed by atoms with E-state index in [-0.39, 0.29) is 0 Å². The van der Waals surface area contributed by atoms with Gasteiger partial charge in [-0.1, -0.05) is 6.07 Å². The lowest BCUT2D eigenvalue weighted by Gasteiger charge is -2.24. The molecular weight excluding hydrogens is 260 g/mol. The smallest absolute Gasteiger partial charge is 0.405 e. The molecule has 0 fully saturated rings. The van der Waals surface area contributed by atoms with Crippen LogP contribution >= 0.6 is 0 Å². The van der Waals surface area contributed by atoms with Crippen molar-refractivity contribution in [2.75, 3.05) is 20.8 Å². The van der Waals surface area contributed by atoms with Crippen molar-refractivity contribution in [2.24, 2.45) is 5.73 Å². The Hall–Kier alpha value is -1.95. The first-order valence-electron chi connectivity index (χ1n) is 6.28. The van der Waals surface area contributed by atoms with E-state index < -0.39 is 11.7 Å². The second-order valence-electron chi connectivity index (χ2n) is 4.96. The highest BCUT2D eigenvalue weighted by atomic mass is 16.6. The second-order valence-corrected chi connectivity index (χ2v) is 4.96. The van der Waals surface area contributed by atoms with Gasteiger partial charge in [0, 0.05) is 24.7 Å². The quantitative estimate of drug-likeness (QED) is 0.795. The summed E-state index contributed by atoms with van der Waals surface area (Å²) >= 11 is 0. The van der Waals surface area contributed by atoms with Gasteiger partial charge in [0.25, 0.3) is 0 Å². The number of hydrogen-bond donors (Lipinski definition) is 2. The fourth-order valence-electron chi connectivity index (χ4n) is 1.80. The topological polar surface area (TPSA) is 82.8 Å². The van der Waals surface area contributed by atoms with Crippen molar-refractivity contribution in [3.05, 3.63) is 23.8 Å². The first-order chi connectivity index (χ1) is 9.38. The number of carbonyl (C=O) groups is 1. The number of carbonyl (C=O) groups excluding carboxylic acids is 1. The summed E-state index contributed by atoms with van der Waals surface area (Å²) in [5.41, 5.74) is 5.34. The standard InChI is InChI=1S/C14H22N2O4/c1-14(2,20-13(15)17)9-16-8-10-5-6-11(18-3)7-12(10)19-4/h5-7,16H,8-9H2,1-4H3,(H2,15,17). The van der Waals surface area contributed by atoms with E-state index >= 15 is 0 Å². The fraction of sp³-hybridized carbons (Fsp3) is 0.500. The molecule has 112 valence electrons. The summed E-state index contributed by atoms with van der Waals surface area (Å²) in [6.07, 6.45) is -0.779. The maximum absolute atomic E-state index is 10.8. The highest BCUT2D eigenvalue weighted by molar-refractivity contribution is 5.65. The molecular formula is C14H22N2O4. The first kappa shape index (κ1) is 16.1.